The van der Waals surface area contributed by atoms with Crippen LogP contribution < -0.4 is 5.32 Å². The first-order valence-electron chi connectivity index (χ1n) is 6.28. The van der Waals surface area contributed by atoms with Crippen LogP contribution in [0.15, 0.2) is 23.1 Å². The van der Waals surface area contributed by atoms with Gasteiger partial charge in [-0.25, -0.2) is 4.39 Å². The fourth-order valence-electron chi connectivity index (χ4n) is 1.48. The van der Waals surface area contributed by atoms with Crippen LogP contribution in [0.4, 0.5) is 4.39 Å². The summed E-state index contributed by atoms with van der Waals surface area (Å²) in [4.78, 5) is 3.33. The zero-order valence-corrected chi connectivity index (χ0v) is 12.5. The second kappa shape index (κ2) is 7.77. The molecule has 0 saturated heterocycles. The van der Waals surface area contributed by atoms with Crippen LogP contribution in [0.25, 0.3) is 0 Å². The minimum Gasteiger partial charge on any atom is -0.310 e. The zero-order valence-electron chi connectivity index (χ0n) is 11.7. The van der Waals surface area contributed by atoms with E-state index in [-0.39, 0.29) is 5.82 Å². The Morgan fingerprint density at radius 1 is 1.33 bits per heavy atom. The zero-order chi connectivity index (χ0) is 13.5. The van der Waals surface area contributed by atoms with Crippen LogP contribution in [0.5, 0.6) is 0 Å². The number of hydrogen-bond acceptors (Lipinski definition) is 3. The molecule has 0 bridgehead atoms. The molecular formula is C14H23FN2S. The molecule has 0 atom stereocenters. The lowest BCUT2D eigenvalue weighted by atomic mass is 10.2. The van der Waals surface area contributed by atoms with Crippen LogP contribution in [0.2, 0.25) is 0 Å². The van der Waals surface area contributed by atoms with Crippen LogP contribution in [0.3, 0.4) is 0 Å². The average Bonchev–Trinajstić information content (AvgIpc) is 2.28. The van der Waals surface area contributed by atoms with Gasteiger partial charge in [0.15, 0.2) is 0 Å². The molecule has 102 valence electrons. The maximum absolute atomic E-state index is 13.3. The lowest BCUT2D eigenvalue weighted by Gasteiger charge is -2.14. The van der Waals surface area contributed by atoms with Crippen LogP contribution in [0.1, 0.15) is 19.4 Å². The van der Waals surface area contributed by atoms with Crippen LogP contribution >= 0.6 is 11.8 Å². The van der Waals surface area contributed by atoms with Gasteiger partial charge in [0.2, 0.25) is 0 Å². The molecule has 0 amide bonds. The Labute approximate surface area is 114 Å². The summed E-state index contributed by atoms with van der Waals surface area (Å²) >= 11 is 1.79. The van der Waals surface area contributed by atoms with E-state index in [1.54, 1.807) is 17.8 Å². The van der Waals surface area contributed by atoms with Gasteiger partial charge < -0.3 is 10.2 Å². The molecule has 1 aromatic carbocycles. The Bertz CT molecular complexity index is 367. The maximum atomic E-state index is 13.3. The molecule has 0 aliphatic carbocycles. The van der Waals surface area contributed by atoms with Gasteiger partial charge in [-0.05, 0) is 37.9 Å². The first-order valence-corrected chi connectivity index (χ1v) is 7.27. The molecule has 2 nitrogen and oxygen atoms in total. The van der Waals surface area contributed by atoms with Gasteiger partial charge in [0, 0.05) is 29.8 Å². The first-order chi connectivity index (χ1) is 8.49. The Kier molecular flexibility index (Phi) is 6.68. The van der Waals surface area contributed by atoms with E-state index in [9.17, 15) is 4.39 Å². The third kappa shape index (κ3) is 5.85. The molecule has 0 aliphatic rings. The molecule has 0 spiro atoms. The van der Waals surface area contributed by atoms with Gasteiger partial charge in [-0.1, -0.05) is 13.8 Å². The summed E-state index contributed by atoms with van der Waals surface area (Å²) < 4.78 is 13.3. The van der Waals surface area contributed by atoms with Crippen molar-refractivity contribution in [3.8, 4) is 0 Å². The third-order valence-corrected chi connectivity index (χ3v) is 3.62. The number of nitrogens with zero attached hydrogens (tertiary/aromatic N) is 1. The summed E-state index contributed by atoms with van der Waals surface area (Å²) in [5.74, 6) is 0.861. The van der Waals surface area contributed by atoms with E-state index in [1.165, 1.54) is 11.0 Å². The van der Waals surface area contributed by atoms with Gasteiger partial charge in [0.1, 0.15) is 5.82 Å². The van der Waals surface area contributed by atoms with Gasteiger partial charge in [-0.2, -0.15) is 0 Å². The van der Waals surface area contributed by atoms with Crippen molar-refractivity contribution in [2.24, 2.45) is 0 Å². The fourth-order valence-corrected chi connectivity index (χ4v) is 2.64. The number of hydrogen-bond donors (Lipinski definition) is 1. The molecule has 1 N–H and O–H groups in total. The molecule has 0 aliphatic heterocycles. The van der Waals surface area contributed by atoms with E-state index < -0.39 is 0 Å². The molecule has 0 heterocycles. The average molecular weight is 270 g/mol. The van der Waals surface area contributed by atoms with Crippen molar-refractivity contribution >= 4 is 11.8 Å². The number of rotatable bonds is 7. The van der Waals surface area contributed by atoms with Crippen molar-refractivity contribution in [2.45, 2.75) is 31.3 Å². The number of thioether (sulfide) groups is 1. The second-order valence-electron chi connectivity index (χ2n) is 4.94. The molecule has 0 radical (unpaired) electrons. The highest BCUT2D eigenvalue weighted by Gasteiger charge is 2.06. The summed E-state index contributed by atoms with van der Waals surface area (Å²) in [6.45, 7) is 5.94. The minimum absolute atomic E-state index is 0.160. The number of benzene rings is 1. The molecule has 0 fully saturated rings. The molecule has 4 heteroatoms. The van der Waals surface area contributed by atoms with E-state index in [2.05, 4.69) is 38.2 Å². The molecule has 18 heavy (non-hydrogen) atoms. The van der Waals surface area contributed by atoms with Gasteiger partial charge in [-0.3, -0.25) is 0 Å². The van der Waals surface area contributed by atoms with E-state index in [1.807, 2.05) is 6.07 Å². The standard InChI is InChI=1S/C14H23FN2S/c1-11(2)16-10-12-9-13(15)5-6-14(12)18-8-7-17(3)4/h5-6,9,11,16H,7-8,10H2,1-4H3. The predicted octanol–water partition coefficient (Wildman–Crippen LogP) is 2.98. The van der Waals surface area contributed by atoms with Gasteiger partial charge >= 0.3 is 0 Å². The second-order valence-corrected chi connectivity index (χ2v) is 6.08. The topological polar surface area (TPSA) is 15.3 Å². The SMILES string of the molecule is CC(C)NCc1cc(F)ccc1SCCN(C)C. The van der Waals surface area contributed by atoms with Gasteiger partial charge in [0.05, 0.1) is 0 Å². The van der Waals surface area contributed by atoms with Crippen molar-refractivity contribution in [1.29, 1.82) is 0 Å². The van der Waals surface area contributed by atoms with Crippen molar-refractivity contribution in [1.82, 2.24) is 10.2 Å². The molecule has 0 saturated carbocycles. The van der Waals surface area contributed by atoms with Crippen LogP contribution in [0, 0.1) is 5.82 Å². The fraction of sp³-hybridized carbons (Fsp3) is 0.571. The Morgan fingerprint density at radius 2 is 2.06 bits per heavy atom. The first kappa shape index (κ1) is 15.5. The maximum Gasteiger partial charge on any atom is 0.123 e. The summed E-state index contributed by atoms with van der Waals surface area (Å²) in [7, 11) is 4.12. The Hall–Kier alpha value is -0.580. The largest absolute Gasteiger partial charge is 0.310 e. The van der Waals surface area contributed by atoms with E-state index >= 15 is 0 Å². The lowest BCUT2D eigenvalue weighted by molar-refractivity contribution is 0.437. The normalized spacial score (nSPS) is 11.5. The van der Waals surface area contributed by atoms with Crippen molar-refractivity contribution in [3.63, 3.8) is 0 Å². The van der Waals surface area contributed by atoms with Crippen molar-refractivity contribution in [2.75, 3.05) is 26.4 Å². The lowest BCUT2D eigenvalue weighted by Crippen LogP contribution is -2.22. The highest BCUT2D eigenvalue weighted by molar-refractivity contribution is 7.99. The molecule has 0 aromatic heterocycles. The number of halogens is 1. The van der Waals surface area contributed by atoms with Gasteiger partial charge in [-0.15, -0.1) is 11.8 Å². The summed E-state index contributed by atoms with van der Waals surface area (Å²) in [6.07, 6.45) is 0. The highest BCUT2D eigenvalue weighted by atomic mass is 32.2. The third-order valence-electron chi connectivity index (χ3n) is 2.52. The van der Waals surface area contributed by atoms with E-state index in [4.69, 9.17) is 0 Å². The van der Waals surface area contributed by atoms with Crippen molar-refractivity contribution in [3.05, 3.63) is 29.6 Å². The molecule has 1 rings (SSSR count). The molecule has 0 unspecified atom stereocenters. The van der Waals surface area contributed by atoms with Crippen LogP contribution in [-0.4, -0.2) is 37.3 Å². The highest BCUT2D eigenvalue weighted by Crippen LogP contribution is 2.23. The quantitative estimate of drug-likeness (QED) is 0.767. The van der Waals surface area contributed by atoms with Crippen molar-refractivity contribution < 1.29 is 4.39 Å². The van der Waals surface area contributed by atoms with E-state index in [0.29, 0.717) is 6.04 Å². The number of nitrogens with one attached hydrogen (secondary N) is 1. The summed E-state index contributed by atoms with van der Waals surface area (Å²) in [5.41, 5.74) is 1.05. The monoisotopic (exact) mass is 270 g/mol. The van der Waals surface area contributed by atoms with Gasteiger partial charge in [0.25, 0.3) is 0 Å². The predicted molar refractivity (Wildman–Crippen MR) is 77.7 cm³/mol. The Morgan fingerprint density at radius 3 is 2.67 bits per heavy atom. The smallest absolute Gasteiger partial charge is 0.123 e. The Balaban J connectivity index is 2.64. The molecule has 1 aromatic rings. The molecular weight excluding hydrogens is 247 g/mol. The minimum atomic E-state index is -0.160. The van der Waals surface area contributed by atoms with Crippen LogP contribution in [-0.2, 0) is 6.54 Å². The van der Waals surface area contributed by atoms with E-state index in [0.717, 1.165) is 24.4 Å². The summed E-state index contributed by atoms with van der Waals surface area (Å²) in [5, 5.41) is 3.34. The summed E-state index contributed by atoms with van der Waals surface area (Å²) in [6, 6.07) is 5.46.